The van der Waals surface area contributed by atoms with Crippen LogP contribution in [0.1, 0.15) is 13.3 Å². The summed E-state index contributed by atoms with van der Waals surface area (Å²) in [5.41, 5.74) is 0.790. The highest BCUT2D eigenvalue weighted by molar-refractivity contribution is 6.42. The molecule has 100 valence electrons. The summed E-state index contributed by atoms with van der Waals surface area (Å²) in [7, 11) is 3.95. The standard InChI is InChI=1S/C13H18Cl2N2O/c1-4-13(18)17(8-7-16(2)3)10-5-6-11(14)12(15)9-10/h5-6,9H,4,7-8H2,1-3H3. The van der Waals surface area contributed by atoms with Gasteiger partial charge in [-0.25, -0.2) is 0 Å². The number of halogens is 2. The maximum Gasteiger partial charge on any atom is 0.226 e. The first-order chi connectivity index (χ1) is 8.45. The average Bonchev–Trinajstić information content (AvgIpc) is 2.33. The van der Waals surface area contributed by atoms with Gasteiger partial charge in [-0.15, -0.1) is 0 Å². The Morgan fingerprint density at radius 1 is 1.17 bits per heavy atom. The summed E-state index contributed by atoms with van der Waals surface area (Å²) < 4.78 is 0. The minimum atomic E-state index is 0.0789. The summed E-state index contributed by atoms with van der Waals surface area (Å²) in [4.78, 5) is 15.7. The summed E-state index contributed by atoms with van der Waals surface area (Å²) in [6, 6.07) is 5.26. The summed E-state index contributed by atoms with van der Waals surface area (Å²) in [6.45, 7) is 3.28. The third-order valence-corrected chi connectivity index (χ3v) is 3.33. The Hall–Kier alpha value is -0.770. The Bertz CT molecular complexity index is 421. The minimum absolute atomic E-state index is 0.0789. The van der Waals surface area contributed by atoms with E-state index >= 15 is 0 Å². The number of anilines is 1. The van der Waals surface area contributed by atoms with E-state index in [1.54, 1.807) is 17.0 Å². The fourth-order valence-electron chi connectivity index (χ4n) is 1.54. The molecule has 5 heteroatoms. The topological polar surface area (TPSA) is 23.6 Å². The van der Waals surface area contributed by atoms with Crippen molar-refractivity contribution in [3.05, 3.63) is 28.2 Å². The van der Waals surface area contributed by atoms with Crippen molar-refractivity contribution in [1.29, 1.82) is 0 Å². The van der Waals surface area contributed by atoms with Crippen molar-refractivity contribution >= 4 is 34.8 Å². The number of hydrogen-bond donors (Lipinski definition) is 0. The number of benzene rings is 1. The Balaban J connectivity index is 2.94. The van der Waals surface area contributed by atoms with Crippen molar-refractivity contribution in [2.45, 2.75) is 13.3 Å². The number of rotatable bonds is 5. The molecular weight excluding hydrogens is 271 g/mol. The highest BCUT2D eigenvalue weighted by Gasteiger charge is 2.15. The summed E-state index contributed by atoms with van der Waals surface area (Å²) in [6.07, 6.45) is 0.466. The molecule has 1 rings (SSSR count). The van der Waals surface area contributed by atoms with E-state index in [0.717, 1.165) is 12.2 Å². The van der Waals surface area contributed by atoms with E-state index < -0.39 is 0 Å². The molecule has 0 bridgehead atoms. The Kier molecular flexibility index (Phi) is 5.93. The van der Waals surface area contributed by atoms with Crippen molar-refractivity contribution in [2.75, 3.05) is 32.1 Å². The maximum atomic E-state index is 12.0. The lowest BCUT2D eigenvalue weighted by molar-refractivity contribution is -0.118. The van der Waals surface area contributed by atoms with Gasteiger partial charge in [0.15, 0.2) is 0 Å². The lowest BCUT2D eigenvalue weighted by Gasteiger charge is -2.24. The number of hydrogen-bond acceptors (Lipinski definition) is 2. The molecule has 1 aromatic rings. The van der Waals surface area contributed by atoms with E-state index in [-0.39, 0.29) is 5.91 Å². The largest absolute Gasteiger partial charge is 0.311 e. The smallest absolute Gasteiger partial charge is 0.226 e. The van der Waals surface area contributed by atoms with Crippen molar-refractivity contribution in [2.24, 2.45) is 0 Å². The zero-order chi connectivity index (χ0) is 13.7. The molecule has 0 N–H and O–H groups in total. The van der Waals surface area contributed by atoms with E-state index in [1.165, 1.54) is 0 Å². The van der Waals surface area contributed by atoms with Gasteiger partial charge in [0.05, 0.1) is 10.0 Å². The molecule has 0 spiro atoms. The van der Waals surface area contributed by atoms with E-state index in [2.05, 4.69) is 0 Å². The number of likely N-dealkylation sites (N-methyl/N-ethyl adjacent to an activating group) is 1. The molecule has 0 fully saturated rings. The van der Waals surface area contributed by atoms with Gasteiger partial charge in [0.1, 0.15) is 0 Å². The fourth-order valence-corrected chi connectivity index (χ4v) is 1.83. The van der Waals surface area contributed by atoms with Gasteiger partial charge in [-0.1, -0.05) is 30.1 Å². The van der Waals surface area contributed by atoms with Crippen LogP contribution in [-0.4, -0.2) is 38.0 Å². The van der Waals surface area contributed by atoms with E-state index in [1.807, 2.05) is 32.0 Å². The van der Waals surface area contributed by atoms with Gasteiger partial charge in [-0.05, 0) is 32.3 Å². The van der Waals surface area contributed by atoms with Crippen LogP contribution in [0.5, 0.6) is 0 Å². The highest BCUT2D eigenvalue weighted by Crippen LogP contribution is 2.27. The molecule has 0 aliphatic heterocycles. The molecular formula is C13H18Cl2N2O. The van der Waals surface area contributed by atoms with Crippen LogP contribution in [-0.2, 0) is 4.79 Å². The van der Waals surface area contributed by atoms with E-state index in [0.29, 0.717) is 23.0 Å². The monoisotopic (exact) mass is 288 g/mol. The number of carbonyl (C=O) groups is 1. The van der Waals surface area contributed by atoms with Gasteiger partial charge in [-0.2, -0.15) is 0 Å². The molecule has 18 heavy (non-hydrogen) atoms. The van der Waals surface area contributed by atoms with E-state index in [9.17, 15) is 4.79 Å². The van der Waals surface area contributed by atoms with Gasteiger partial charge in [-0.3, -0.25) is 4.79 Å². The van der Waals surface area contributed by atoms with E-state index in [4.69, 9.17) is 23.2 Å². The second kappa shape index (κ2) is 6.98. The molecule has 0 atom stereocenters. The molecule has 0 aliphatic rings. The first kappa shape index (κ1) is 15.3. The third kappa shape index (κ3) is 4.16. The van der Waals surface area contributed by atoms with Gasteiger partial charge < -0.3 is 9.80 Å². The van der Waals surface area contributed by atoms with Crippen molar-refractivity contribution < 1.29 is 4.79 Å². The molecule has 0 aromatic heterocycles. The van der Waals surface area contributed by atoms with Crippen LogP contribution in [0.4, 0.5) is 5.69 Å². The molecule has 0 aliphatic carbocycles. The van der Waals surface area contributed by atoms with Crippen molar-refractivity contribution in [1.82, 2.24) is 4.90 Å². The van der Waals surface area contributed by atoms with Crippen LogP contribution in [0.15, 0.2) is 18.2 Å². The average molecular weight is 289 g/mol. The van der Waals surface area contributed by atoms with Gasteiger partial charge >= 0.3 is 0 Å². The zero-order valence-corrected chi connectivity index (χ0v) is 12.4. The normalized spacial score (nSPS) is 10.8. The summed E-state index contributed by atoms with van der Waals surface area (Å²) in [5, 5.41) is 0.963. The lowest BCUT2D eigenvalue weighted by Crippen LogP contribution is -2.36. The maximum absolute atomic E-state index is 12.0. The first-order valence-corrected chi connectivity index (χ1v) is 6.61. The van der Waals surface area contributed by atoms with Crippen molar-refractivity contribution in [3.8, 4) is 0 Å². The predicted molar refractivity (Wildman–Crippen MR) is 77.7 cm³/mol. The molecule has 0 unspecified atom stereocenters. The molecule has 0 saturated heterocycles. The van der Waals surface area contributed by atoms with Gasteiger partial charge in [0.2, 0.25) is 5.91 Å². The molecule has 1 aromatic carbocycles. The van der Waals surface area contributed by atoms with Crippen LogP contribution in [0, 0.1) is 0 Å². The third-order valence-electron chi connectivity index (χ3n) is 2.59. The van der Waals surface area contributed by atoms with Crippen LogP contribution >= 0.6 is 23.2 Å². The van der Waals surface area contributed by atoms with Crippen LogP contribution in [0.2, 0.25) is 10.0 Å². The molecule has 0 saturated carbocycles. The van der Waals surface area contributed by atoms with Crippen LogP contribution < -0.4 is 4.90 Å². The Morgan fingerprint density at radius 2 is 1.83 bits per heavy atom. The minimum Gasteiger partial charge on any atom is -0.311 e. The molecule has 0 radical (unpaired) electrons. The number of amides is 1. The van der Waals surface area contributed by atoms with Gasteiger partial charge in [0, 0.05) is 25.2 Å². The second-order valence-electron chi connectivity index (χ2n) is 4.30. The lowest BCUT2D eigenvalue weighted by atomic mass is 10.2. The van der Waals surface area contributed by atoms with Crippen LogP contribution in [0.3, 0.4) is 0 Å². The highest BCUT2D eigenvalue weighted by atomic mass is 35.5. The Morgan fingerprint density at radius 3 is 2.33 bits per heavy atom. The Labute approximate surface area is 118 Å². The quantitative estimate of drug-likeness (QED) is 0.830. The van der Waals surface area contributed by atoms with Gasteiger partial charge in [0.25, 0.3) is 0 Å². The SMILES string of the molecule is CCC(=O)N(CCN(C)C)c1ccc(Cl)c(Cl)c1. The predicted octanol–water partition coefficient (Wildman–Crippen LogP) is 3.30. The number of carbonyl (C=O) groups excluding carboxylic acids is 1. The van der Waals surface area contributed by atoms with Crippen molar-refractivity contribution in [3.63, 3.8) is 0 Å². The first-order valence-electron chi connectivity index (χ1n) is 5.85. The summed E-state index contributed by atoms with van der Waals surface area (Å²) in [5.74, 6) is 0.0789. The fraction of sp³-hybridized carbons (Fsp3) is 0.462. The zero-order valence-electron chi connectivity index (χ0n) is 10.9. The second-order valence-corrected chi connectivity index (χ2v) is 5.12. The molecule has 1 amide bonds. The number of nitrogens with zero attached hydrogens (tertiary/aromatic N) is 2. The molecule has 3 nitrogen and oxygen atoms in total. The molecule has 0 heterocycles. The van der Waals surface area contributed by atoms with Crippen LogP contribution in [0.25, 0.3) is 0 Å². The summed E-state index contributed by atoms with van der Waals surface area (Å²) >= 11 is 11.9.